The Morgan fingerprint density at radius 3 is 2.19 bits per heavy atom. The lowest BCUT2D eigenvalue weighted by Gasteiger charge is -2.16. The van der Waals surface area contributed by atoms with Crippen molar-refractivity contribution >= 4 is 21.7 Å². The van der Waals surface area contributed by atoms with Gasteiger partial charge in [-0.2, -0.15) is 0 Å². The predicted octanol–water partition coefficient (Wildman–Crippen LogP) is 2.14. The second-order valence-electron chi connectivity index (χ2n) is 6.05. The van der Waals surface area contributed by atoms with Crippen LogP contribution >= 0.6 is 0 Å². The second kappa shape index (κ2) is 9.87. The first-order valence-electron chi connectivity index (χ1n) is 8.61. The Balaban J connectivity index is 1.94. The van der Waals surface area contributed by atoms with Gasteiger partial charge in [0.2, 0.25) is 5.91 Å². The molecule has 27 heavy (non-hydrogen) atoms. The van der Waals surface area contributed by atoms with Crippen molar-refractivity contribution in [1.82, 2.24) is 5.32 Å². The fourth-order valence-corrected chi connectivity index (χ4v) is 3.93. The molecule has 0 radical (unpaired) electrons. The molecule has 0 aliphatic rings. The van der Waals surface area contributed by atoms with E-state index in [0.717, 1.165) is 5.56 Å². The first-order chi connectivity index (χ1) is 12.9. The number of hydrogen-bond donors (Lipinski definition) is 1. The number of methoxy groups -OCH3 is 1. The van der Waals surface area contributed by atoms with E-state index in [0.29, 0.717) is 6.42 Å². The smallest absolute Gasteiger partial charge is 0.328 e. The third-order valence-corrected chi connectivity index (χ3v) is 5.85. The summed E-state index contributed by atoms with van der Waals surface area (Å²) in [7, 11) is -2.34. The molecule has 0 heterocycles. The monoisotopic (exact) mass is 389 g/mol. The lowest BCUT2D eigenvalue weighted by molar-refractivity contribution is -0.145. The highest BCUT2D eigenvalue weighted by atomic mass is 32.2. The van der Waals surface area contributed by atoms with E-state index < -0.39 is 21.8 Å². The largest absolute Gasteiger partial charge is 0.467 e. The van der Waals surface area contributed by atoms with Crippen LogP contribution in [0.1, 0.15) is 18.4 Å². The maximum absolute atomic E-state index is 12.4. The number of nitrogens with one attached hydrogen (secondary N) is 1. The Labute approximate surface area is 159 Å². The van der Waals surface area contributed by atoms with Crippen LogP contribution in [0.5, 0.6) is 0 Å². The van der Waals surface area contributed by atoms with Crippen molar-refractivity contribution in [2.24, 2.45) is 0 Å². The number of benzene rings is 2. The summed E-state index contributed by atoms with van der Waals surface area (Å²) >= 11 is 0. The van der Waals surface area contributed by atoms with Gasteiger partial charge in [-0.15, -0.1) is 0 Å². The zero-order valence-corrected chi connectivity index (χ0v) is 15.9. The number of rotatable bonds is 9. The van der Waals surface area contributed by atoms with E-state index in [2.05, 4.69) is 5.32 Å². The average molecular weight is 389 g/mol. The Hall–Kier alpha value is -2.67. The number of carbonyl (C=O) groups excluding carboxylic acids is 2. The molecule has 0 spiro atoms. The highest BCUT2D eigenvalue weighted by Gasteiger charge is 2.25. The van der Waals surface area contributed by atoms with Crippen LogP contribution in [-0.2, 0) is 30.6 Å². The quantitative estimate of drug-likeness (QED) is 0.664. The number of amides is 1. The molecule has 0 fully saturated rings. The molecule has 2 aromatic carbocycles. The lowest BCUT2D eigenvalue weighted by atomic mass is 10.1. The predicted molar refractivity (Wildman–Crippen MR) is 102 cm³/mol. The van der Waals surface area contributed by atoms with Gasteiger partial charge in [-0.1, -0.05) is 48.5 Å². The summed E-state index contributed by atoms with van der Waals surface area (Å²) in [6.45, 7) is 0. The molecule has 0 saturated heterocycles. The van der Waals surface area contributed by atoms with E-state index in [1.807, 2.05) is 30.3 Å². The van der Waals surface area contributed by atoms with Gasteiger partial charge in [0.25, 0.3) is 0 Å². The maximum atomic E-state index is 12.4. The summed E-state index contributed by atoms with van der Waals surface area (Å²) in [6, 6.07) is 16.5. The van der Waals surface area contributed by atoms with Crippen LogP contribution in [-0.4, -0.2) is 39.2 Å². The van der Waals surface area contributed by atoms with Crippen LogP contribution in [0.2, 0.25) is 0 Å². The fourth-order valence-electron chi connectivity index (χ4n) is 2.58. The van der Waals surface area contributed by atoms with Crippen LogP contribution in [0.4, 0.5) is 0 Å². The first-order valence-corrected chi connectivity index (χ1v) is 10.3. The number of carbonyl (C=O) groups is 2. The zero-order chi connectivity index (χ0) is 19.7. The van der Waals surface area contributed by atoms with Gasteiger partial charge >= 0.3 is 5.97 Å². The summed E-state index contributed by atoms with van der Waals surface area (Å²) in [6.07, 6.45) is 0.673. The minimum atomic E-state index is -3.55. The van der Waals surface area contributed by atoms with Gasteiger partial charge < -0.3 is 10.1 Å². The number of sulfone groups is 1. The van der Waals surface area contributed by atoms with Gasteiger partial charge in [-0.05, 0) is 30.5 Å². The van der Waals surface area contributed by atoms with Crippen molar-refractivity contribution in [1.29, 1.82) is 0 Å². The Morgan fingerprint density at radius 1 is 1.00 bits per heavy atom. The van der Waals surface area contributed by atoms with E-state index in [-0.39, 0.29) is 29.4 Å². The molecule has 0 saturated carbocycles. The second-order valence-corrected chi connectivity index (χ2v) is 8.16. The van der Waals surface area contributed by atoms with Crippen LogP contribution in [0.25, 0.3) is 0 Å². The van der Waals surface area contributed by atoms with E-state index in [9.17, 15) is 18.0 Å². The SMILES string of the molecule is COC(=O)[C@H](CCS(=O)(=O)c1ccccc1)NC(=O)CCc1ccccc1. The molecule has 1 atom stereocenters. The van der Waals surface area contributed by atoms with Crippen LogP contribution < -0.4 is 5.32 Å². The Bertz CT molecular complexity index is 850. The molecule has 0 aromatic heterocycles. The van der Waals surface area contributed by atoms with E-state index in [1.54, 1.807) is 18.2 Å². The molecule has 0 bridgehead atoms. The van der Waals surface area contributed by atoms with Crippen molar-refractivity contribution in [3.63, 3.8) is 0 Å². The molecule has 144 valence electrons. The van der Waals surface area contributed by atoms with Gasteiger partial charge in [0.15, 0.2) is 9.84 Å². The summed E-state index contributed by atoms with van der Waals surface area (Å²) in [4.78, 5) is 24.3. The third kappa shape index (κ3) is 6.53. The fraction of sp³-hybridized carbons (Fsp3) is 0.300. The molecule has 1 amide bonds. The van der Waals surface area contributed by atoms with Crippen molar-refractivity contribution in [2.75, 3.05) is 12.9 Å². The maximum Gasteiger partial charge on any atom is 0.328 e. The summed E-state index contributed by atoms with van der Waals surface area (Å²) in [5.41, 5.74) is 1.01. The molecule has 6 nitrogen and oxygen atoms in total. The highest BCUT2D eigenvalue weighted by molar-refractivity contribution is 7.91. The summed E-state index contributed by atoms with van der Waals surface area (Å²) < 4.78 is 29.5. The molecule has 2 rings (SSSR count). The number of ether oxygens (including phenoxy) is 1. The lowest BCUT2D eigenvalue weighted by Crippen LogP contribution is -2.42. The topological polar surface area (TPSA) is 89.5 Å². The average Bonchev–Trinajstić information content (AvgIpc) is 2.70. The molecule has 2 aromatic rings. The molecular formula is C20H23NO5S. The van der Waals surface area contributed by atoms with Crippen molar-refractivity contribution in [3.05, 3.63) is 66.2 Å². The van der Waals surface area contributed by atoms with Crippen molar-refractivity contribution in [3.8, 4) is 0 Å². The minimum absolute atomic E-state index is 0.0546. The van der Waals surface area contributed by atoms with Crippen LogP contribution in [0, 0.1) is 0 Å². The van der Waals surface area contributed by atoms with Crippen LogP contribution in [0.15, 0.2) is 65.6 Å². The normalized spacial score (nSPS) is 12.2. The minimum Gasteiger partial charge on any atom is -0.467 e. The molecule has 0 aliphatic heterocycles. The van der Waals surface area contributed by atoms with Crippen molar-refractivity contribution < 1.29 is 22.7 Å². The Morgan fingerprint density at radius 2 is 1.59 bits per heavy atom. The number of aryl methyl sites for hydroxylation is 1. The Kier molecular flexibility index (Phi) is 7.55. The molecule has 1 N–H and O–H groups in total. The molecule has 0 aliphatic carbocycles. The molecule has 0 unspecified atom stereocenters. The highest BCUT2D eigenvalue weighted by Crippen LogP contribution is 2.13. The molecular weight excluding hydrogens is 366 g/mol. The van der Waals surface area contributed by atoms with Gasteiger partial charge in [0, 0.05) is 6.42 Å². The summed E-state index contributed by atoms with van der Waals surface area (Å²) in [5.74, 6) is -1.26. The standard InChI is InChI=1S/C20H23NO5S/c1-26-20(23)18(14-15-27(24,25)17-10-6-3-7-11-17)21-19(22)13-12-16-8-4-2-5-9-16/h2-11,18H,12-15H2,1H3,(H,21,22)/t18-/m0/s1. The van der Waals surface area contributed by atoms with Crippen LogP contribution in [0.3, 0.4) is 0 Å². The van der Waals surface area contributed by atoms with E-state index >= 15 is 0 Å². The van der Waals surface area contributed by atoms with E-state index in [1.165, 1.54) is 19.2 Å². The third-order valence-electron chi connectivity index (χ3n) is 4.08. The van der Waals surface area contributed by atoms with Gasteiger partial charge in [0.05, 0.1) is 17.8 Å². The van der Waals surface area contributed by atoms with E-state index in [4.69, 9.17) is 4.74 Å². The zero-order valence-electron chi connectivity index (χ0n) is 15.1. The first kappa shape index (κ1) is 20.6. The number of hydrogen-bond acceptors (Lipinski definition) is 5. The van der Waals surface area contributed by atoms with Crippen molar-refractivity contribution in [2.45, 2.75) is 30.2 Å². The summed E-state index contributed by atoms with van der Waals surface area (Å²) in [5, 5.41) is 2.58. The van der Waals surface area contributed by atoms with Gasteiger partial charge in [-0.3, -0.25) is 4.79 Å². The molecule has 7 heteroatoms. The number of esters is 1. The van der Waals surface area contributed by atoms with Gasteiger partial charge in [-0.25, -0.2) is 13.2 Å². The van der Waals surface area contributed by atoms with Gasteiger partial charge in [0.1, 0.15) is 6.04 Å².